The van der Waals surface area contributed by atoms with Gasteiger partial charge in [0.2, 0.25) is 0 Å². The van der Waals surface area contributed by atoms with Crippen LogP contribution in [0.3, 0.4) is 0 Å². The van der Waals surface area contributed by atoms with Gasteiger partial charge in [-0.3, -0.25) is 4.90 Å². The van der Waals surface area contributed by atoms with Crippen molar-refractivity contribution in [3.63, 3.8) is 0 Å². The van der Waals surface area contributed by atoms with E-state index in [-0.39, 0.29) is 6.04 Å². The highest BCUT2D eigenvalue weighted by atomic mass is 19.4. The first-order valence-electron chi connectivity index (χ1n) is 6.81. The van der Waals surface area contributed by atoms with Crippen LogP contribution in [0.15, 0.2) is 0 Å². The molecule has 0 aliphatic heterocycles. The summed E-state index contributed by atoms with van der Waals surface area (Å²) in [5.41, 5.74) is 0. The van der Waals surface area contributed by atoms with E-state index in [1.807, 2.05) is 13.8 Å². The molecule has 0 aromatic rings. The van der Waals surface area contributed by atoms with E-state index in [1.54, 1.807) is 4.90 Å². The van der Waals surface area contributed by atoms with Crippen molar-refractivity contribution in [1.29, 1.82) is 0 Å². The summed E-state index contributed by atoms with van der Waals surface area (Å²) in [7, 11) is 0. The van der Waals surface area contributed by atoms with E-state index >= 15 is 0 Å². The summed E-state index contributed by atoms with van der Waals surface area (Å²) in [6.45, 7) is 9.22. The summed E-state index contributed by atoms with van der Waals surface area (Å²) >= 11 is 0. The summed E-state index contributed by atoms with van der Waals surface area (Å²) in [5.74, 6) is 0.518. The zero-order chi connectivity index (χ0) is 14.2. The molecular formula is C13H27F3N2. The van der Waals surface area contributed by atoms with Crippen LogP contribution in [0, 0.1) is 5.92 Å². The van der Waals surface area contributed by atoms with Gasteiger partial charge in [0.1, 0.15) is 0 Å². The fourth-order valence-electron chi connectivity index (χ4n) is 1.98. The SMILES string of the molecule is CCCN(CC(F)(F)F)C(CC)CNCC(C)C. The van der Waals surface area contributed by atoms with Gasteiger partial charge in [-0.25, -0.2) is 0 Å². The lowest BCUT2D eigenvalue weighted by Crippen LogP contribution is -2.47. The topological polar surface area (TPSA) is 15.3 Å². The predicted octanol–water partition coefficient (Wildman–Crippen LogP) is 3.28. The van der Waals surface area contributed by atoms with E-state index in [0.717, 1.165) is 19.4 Å². The molecule has 0 aliphatic rings. The van der Waals surface area contributed by atoms with Gasteiger partial charge in [0.05, 0.1) is 6.54 Å². The number of alkyl halides is 3. The Morgan fingerprint density at radius 1 is 1.11 bits per heavy atom. The maximum atomic E-state index is 12.5. The van der Waals surface area contributed by atoms with Gasteiger partial charge in [-0.15, -0.1) is 0 Å². The molecule has 0 aromatic heterocycles. The zero-order valence-corrected chi connectivity index (χ0v) is 12.0. The van der Waals surface area contributed by atoms with E-state index in [9.17, 15) is 13.2 Å². The highest BCUT2D eigenvalue weighted by Crippen LogP contribution is 2.19. The maximum absolute atomic E-state index is 12.5. The van der Waals surface area contributed by atoms with Crippen LogP contribution >= 0.6 is 0 Å². The molecule has 0 fully saturated rings. The number of halogens is 3. The van der Waals surface area contributed by atoms with Crippen LogP contribution < -0.4 is 5.32 Å². The van der Waals surface area contributed by atoms with Gasteiger partial charge in [-0.2, -0.15) is 13.2 Å². The van der Waals surface area contributed by atoms with Crippen molar-refractivity contribution in [2.75, 3.05) is 26.2 Å². The van der Waals surface area contributed by atoms with Crippen LogP contribution in [0.25, 0.3) is 0 Å². The van der Waals surface area contributed by atoms with Gasteiger partial charge < -0.3 is 5.32 Å². The highest BCUT2D eigenvalue weighted by Gasteiger charge is 2.32. The summed E-state index contributed by atoms with van der Waals surface area (Å²) in [6, 6.07) is -0.0367. The number of nitrogens with zero attached hydrogens (tertiary/aromatic N) is 1. The van der Waals surface area contributed by atoms with Gasteiger partial charge in [0.25, 0.3) is 0 Å². The largest absolute Gasteiger partial charge is 0.401 e. The van der Waals surface area contributed by atoms with Gasteiger partial charge in [-0.05, 0) is 31.8 Å². The molecule has 1 atom stereocenters. The van der Waals surface area contributed by atoms with Crippen molar-refractivity contribution >= 4 is 0 Å². The molecule has 0 saturated heterocycles. The van der Waals surface area contributed by atoms with Crippen molar-refractivity contribution in [2.24, 2.45) is 5.92 Å². The molecule has 0 bridgehead atoms. The lowest BCUT2D eigenvalue weighted by atomic mass is 10.1. The fraction of sp³-hybridized carbons (Fsp3) is 1.00. The van der Waals surface area contributed by atoms with Gasteiger partial charge >= 0.3 is 6.18 Å². The lowest BCUT2D eigenvalue weighted by molar-refractivity contribution is -0.150. The molecule has 1 unspecified atom stereocenters. The van der Waals surface area contributed by atoms with E-state index in [4.69, 9.17) is 0 Å². The first kappa shape index (κ1) is 17.7. The molecule has 2 nitrogen and oxygen atoms in total. The number of nitrogens with one attached hydrogen (secondary N) is 1. The molecule has 0 amide bonds. The summed E-state index contributed by atoms with van der Waals surface area (Å²) in [6.07, 6.45) is -2.63. The molecule has 0 radical (unpaired) electrons. The molecule has 0 rings (SSSR count). The van der Waals surface area contributed by atoms with Crippen LogP contribution in [-0.4, -0.2) is 43.3 Å². The van der Waals surface area contributed by atoms with Crippen LogP contribution in [0.4, 0.5) is 13.2 Å². The number of rotatable bonds is 9. The number of hydrogen-bond acceptors (Lipinski definition) is 2. The smallest absolute Gasteiger partial charge is 0.315 e. The third-order valence-electron chi connectivity index (χ3n) is 2.81. The summed E-state index contributed by atoms with van der Waals surface area (Å²) < 4.78 is 37.5. The third-order valence-corrected chi connectivity index (χ3v) is 2.81. The second-order valence-corrected chi connectivity index (χ2v) is 5.20. The molecule has 110 valence electrons. The molecule has 0 saturated carbocycles. The first-order chi connectivity index (χ1) is 8.30. The second-order valence-electron chi connectivity index (χ2n) is 5.20. The van der Waals surface area contributed by atoms with Crippen LogP contribution in [-0.2, 0) is 0 Å². The Bertz CT molecular complexity index is 205. The molecular weight excluding hydrogens is 241 g/mol. The average Bonchev–Trinajstić information content (AvgIpc) is 2.21. The second kappa shape index (κ2) is 8.75. The Hall–Kier alpha value is -0.290. The van der Waals surface area contributed by atoms with Gasteiger partial charge in [0, 0.05) is 12.6 Å². The normalized spacial score (nSPS) is 14.5. The molecule has 0 spiro atoms. The van der Waals surface area contributed by atoms with E-state index in [2.05, 4.69) is 19.2 Å². The molecule has 5 heteroatoms. The van der Waals surface area contributed by atoms with E-state index in [1.165, 1.54) is 0 Å². The Balaban J connectivity index is 4.32. The Morgan fingerprint density at radius 2 is 1.72 bits per heavy atom. The zero-order valence-electron chi connectivity index (χ0n) is 12.0. The van der Waals surface area contributed by atoms with E-state index in [0.29, 0.717) is 19.0 Å². The molecule has 0 heterocycles. The minimum absolute atomic E-state index is 0.0367. The summed E-state index contributed by atoms with van der Waals surface area (Å²) in [5, 5.41) is 3.25. The van der Waals surface area contributed by atoms with Crippen molar-refractivity contribution in [1.82, 2.24) is 10.2 Å². The van der Waals surface area contributed by atoms with Crippen molar-refractivity contribution < 1.29 is 13.2 Å². The van der Waals surface area contributed by atoms with Gasteiger partial charge in [0.15, 0.2) is 0 Å². The molecule has 18 heavy (non-hydrogen) atoms. The molecule has 1 N–H and O–H groups in total. The van der Waals surface area contributed by atoms with Crippen molar-refractivity contribution in [2.45, 2.75) is 52.8 Å². The Labute approximate surface area is 109 Å². The predicted molar refractivity (Wildman–Crippen MR) is 69.7 cm³/mol. The van der Waals surface area contributed by atoms with Crippen LogP contribution in [0.1, 0.15) is 40.5 Å². The Morgan fingerprint density at radius 3 is 2.11 bits per heavy atom. The fourth-order valence-corrected chi connectivity index (χ4v) is 1.98. The lowest BCUT2D eigenvalue weighted by Gasteiger charge is -2.32. The minimum Gasteiger partial charge on any atom is -0.315 e. The molecule has 0 aromatic carbocycles. The quantitative estimate of drug-likeness (QED) is 0.690. The monoisotopic (exact) mass is 268 g/mol. The molecule has 0 aliphatic carbocycles. The van der Waals surface area contributed by atoms with Crippen LogP contribution in [0.5, 0.6) is 0 Å². The number of hydrogen-bond donors (Lipinski definition) is 1. The van der Waals surface area contributed by atoms with Crippen LogP contribution in [0.2, 0.25) is 0 Å². The highest BCUT2D eigenvalue weighted by molar-refractivity contribution is 4.75. The minimum atomic E-state index is -4.11. The maximum Gasteiger partial charge on any atom is 0.401 e. The van der Waals surface area contributed by atoms with Gasteiger partial charge in [-0.1, -0.05) is 27.7 Å². The first-order valence-corrected chi connectivity index (χ1v) is 6.81. The third kappa shape index (κ3) is 8.75. The average molecular weight is 268 g/mol. The van der Waals surface area contributed by atoms with E-state index < -0.39 is 12.7 Å². The van der Waals surface area contributed by atoms with Crippen molar-refractivity contribution in [3.8, 4) is 0 Å². The standard InChI is InChI=1S/C13H27F3N2/c1-5-7-18(10-13(14,15)16)12(6-2)9-17-8-11(3)4/h11-12,17H,5-10H2,1-4H3. The van der Waals surface area contributed by atoms with Crippen molar-refractivity contribution in [3.05, 3.63) is 0 Å². The summed E-state index contributed by atoms with van der Waals surface area (Å²) in [4.78, 5) is 1.55. The Kier molecular flexibility index (Phi) is 8.61.